The van der Waals surface area contributed by atoms with Gasteiger partial charge in [-0.1, -0.05) is 12.1 Å². The van der Waals surface area contributed by atoms with Gasteiger partial charge in [-0.2, -0.15) is 0 Å². The van der Waals surface area contributed by atoms with E-state index >= 15 is 0 Å². The lowest BCUT2D eigenvalue weighted by atomic mass is 9.95. The Bertz CT molecular complexity index is 1020. The first-order valence-electron chi connectivity index (χ1n) is 10.8. The van der Waals surface area contributed by atoms with Crippen molar-refractivity contribution < 1.29 is 9.53 Å². The highest BCUT2D eigenvalue weighted by Crippen LogP contribution is 2.24. The third-order valence-electron chi connectivity index (χ3n) is 5.48. The molecule has 1 atom stereocenters. The first-order chi connectivity index (χ1) is 14.4. The molecule has 0 spiro atoms. The summed E-state index contributed by atoms with van der Waals surface area (Å²) < 4.78 is 7.61. The van der Waals surface area contributed by atoms with Gasteiger partial charge >= 0.3 is 6.09 Å². The van der Waals surface area contributed by atoms with Gasteiger partial charge in [0.05, 0.1) is 17.6 Å². The molecule has 1 aliphatic heterocycles. The summed E-state index contributed by atoms with van der Waals surface area (Å²) in [6.45, 7) is 7.24. The summed E-state index contributed by atoms with van der Waals surface area (Å²) in [4.78, 5) is 23.7. The fourth-order valence-electron chi connectivity index (χ4n) is 4.03. The molecule has 1 unspecified atom stereocenters. The second kappa shape index (κ2) is 8.46. The Balaban J connectivity index is 1.43. The van der Waals surface area contributed by atoms with Crippen LogP contribution < -0.4 is 0 Å². The van der Waals surface area contributed by atoms with Gasteiger partial charge in [0.2, 0.25) is 0 Å². The quantitative estimate of drug-likeness (QED) is 0.616. The van der Waals surface area contributed by atoms with Gasteiger partial charge in [0, 0.05) is 25.0 Å². The molecule has 0 N–H and O–H groups in total. The number of imidazole rings is 1. The van der Waals surface area contributed by atoms with Crippen molar-refractivity contribution in [3.63, 3.8) is 0 Å². The van der Waals surface area contributed by atoms with E-state index in [-0.39, 0.29) is 6.09 Å². The molecule has 30 heavy (non-hydrogen) atoms. The number of rotatable bonds is 3. The van der Waals surface area contributed by atoms with Crippen LogP contribution in [0.4, 0.5) is 4.79 Å². The fraction of sp³-hybridized carbons (Fsp3) is 0.458. The molecule has 0 aliphatic carbocycles. The lowest BCUT2D eigenvalue weighted by Crippen LogP contribution is -2.37. The molecule has 1 aliphatic rings. The lowest BCUT2D eigenvalue weighted by Gasteiger charge is -2.26. The van der Waals surface area contributed by atoms with Crippen LogP contribution in [-0.2, 0) is 11.2 Å². The van der Waals surface area contributed by atoms with Gasteiger partial charge in [-0.3, -0.25) is 9.38 Å². The van der Waals surface area contributed by atoms with E-state index in [1.165, 1.54) is 0 Å². The van der Waals surface area contributed by atoms with Crippen LogP contribution in [0.15, 0.2) is 48.8 Å². The molecule has 3 aromatic rings. The van der Waals surface area contributed by atoms with Gasteiger partial charge in [-0.05, 0) is 76.6 Å². The monoisotopic (exact) mass is 406 g/mol. The highest BCUT2D eigenvalue weighted by atomic mass is 16.6. The molecule has 6 heteroatoms. The van der Waals surface area contributed by atoms with Crippen molar-refractivity contribution in [3.8, 4) is 11.4 Å². The van der Waals surface area contributed by atoms with Crippen LogP contribution in [-0.4, -0.2) is 44.1 Å². The number of ether oxygens (including phenoxy) is 1. The number of hydrogen-bond donors (Lipinski definition) is 0. The number of fused-ring (bicyclic) bond motifs is 1. The Morgan fingerprint density at radius 2 is 2.00 bits per heavy atom. The maximum absolute atomic E-state index is 12.4. The standard InChI is InChI=1S/C24H30N4O2/c1-24(2,3)30-23(29)27-13-7-8-18(12-15-27)16-19-9-6-10-20(26-19)21-17-25-22-11-4-5-14-28(21)22/h4-6,9-11,14,17-18H,7-8,12-13,15-16H2,1-3H3. The largest absolute Gasteiger partial charge is 0.444 e. The van der Waals surface area contributed by atoms with Crippen LogP contribution in [0, 0.1) is 5.92 Å². The van der Waals surface area contributed by atoms with E-state index in [2.05, 4.69) is 21.5 Å². The van der Waals surface area contributed by atoms with Gasteiger partial charge in [0.1, 0.15) is 11.2 Å². The van der Waals surface area contributed by atoms with E-state index < -0.39 is 5.60 Å². The lowest BCUT2D eigenvalue weighted by molar-refractivity contribution is 0.0255. The average Bonchev–Trinajstić information content (AvgIpc) is 2.99. The third kappa shape index (κ3) is 4.81. The molecule has 0 saturated carbocycles. The van der Waals surface area contributed by atoms with E-state index in [9.17, 15) is 4.79 Å². The molecule has 0 aromatic carbocycles. The van der Waals surface area contributed by atoms with E-state index in [0.717, 1.165) is 61.5 Å². The van der Waals surface area contributed by atoms with Gasteiger partial charge in [-0.25, -0.2) is 9.78 Å². The minimum Gasteiger partial charge on any atom is -0.444 e. The van der Waals surface area contributed by atoms with Gasteiger partial charge < -0.3 is 9.64 Å². The van der Waals surface area contributed by atoms with Crippen molar-refractivity contribution in [3.05, 3.63) is 54.5 Å². The molecule has 4 rings (SSSR count). The van der Waals surface area contributed by atoms with Crippen molar-refractivity contribution in [1.82, 2.24) is 19.3 Å². The molecule has 3 aromatic heterocycles. The zero-order chi connectivity index (χ0) is 21.1. The molecule has 1 amide bonds. The van der Waals surface area contributed by atoms with Crippen LogP contribution >= 0.6 is 0 Å². The van der Waals surface area contributed by atoms with E-state index in [1.807, 2.05) is 62.3 Å². The maximum Gasteiger partial charge on any atom is 0.410 e. The topological polar surface area (TPSA) is 59.7 Å². The van der Waals surface area contributed by atoms with Crippen molar-refractivity contribution in [1.29, 1.82) is 0 Å². The Morgan fingerprint density at radius 3 is 2.83 bits per heavy atom. The van der Waals surface area contributed by atoms with Crippen molar-refractivity contribution in [2.75, 3.05) is 13.1 Å². The normalized spacial score (nSPS) is 17.7. The SMILES string of the molecule is CC(C)(C)OC(=O)N1CCCC(Cc2cccc(-c3cnc4ccccn34)n2)CC1. The summed E-state index contributed by atoms with van der Waals surface area (Å²) in [5.74, 6) is 0.516. The second-order valence-electron chi connectivity index (χ2n) is 9.05. The summed E-state index contributed by atoms with van der Waals surface area (Å²) in [6.07, 6.45) is 7.69. The number of aromatic nitrogens is 3. The van der Waals surface area contributed by atoms with Gasteiger partial charge in [0.15, 0.2) is 0 Å². The third-order valence-corrected chi connectivity index (χ3v) is 5.48. The van der Waals surface area contributed by atoms with Gasteiger partial charge in [-0.15, -0.1) is 0 Å². The zero-order valence-corrected chi connectivity index (χ0v) is 18.0. The molecule has 1 fully saturated rings. The van der Waals surface area contributed by atoms with Crippen molar-refractivity contribution in [2.45, 2.75) is 52.1 Å². The Kier molecular flexibility index (Phi) is 5.75. The van der Waals surface area contributed by atoms with Crippen molar-refractivity contribution in [2.24, 2.45) is 5.92 Å². The summed E-state index contributed by atoms with van der Waals surface area (Å²) in [7, 11) is 0. The first kappa shape index (κ1) is 20.4. The second-order valence-corrected chi connectivity index (χ2v) is 9.05. The van der Waals surface area contributed by atoms with Crippen molar-refractivity contribution >= 4 is 11.7 Å². The summed E-state index contributed by atoms with van der Waals surface area (Å²) in [5.41, 5.74) is 3.50. The first-order valence-corrected chi connectivity index (χ1v) is 10.8. The number of pyridine rings is 2. The Morgan fingerprint density at radius 1 is 1.13 bits per heavy atom. The maximum atomic E-state index is 12.4. The number of carbonyl (C=O) groups is 1. The van der Waals surface area contributed by atoms with Gasteiger partial charge in [0.25, 0.3) is 0 Å². The number of carbonyl (C=O) groups excluding carboxylic acids is 1. The predicted molar refractivity (Wildman–Crippen MR) is 117 cm³/mol. The molecule has 6 nitrogen and oxygen atoms in total. The minimum absolute atomic E-state index is 0.198. The van der Waals surface area contributed by atoms with Crippen LogP contribution in [0.1, 0.15) is 45.7 Å². The molecular formula is C24H30N4O2. The zero-order valence-electron chi connectivity index (χ0n) is 18.0. The molecule has 1 saturated heterocycles. The molecule has 0 bridgehead atoms. The van der Waals surface area contributed by atoms with Crippen LogP contribution in [0.3, 0.4) is 0 Å². The average molecular weight is 407 g/mol. The highest BCUT2D eigenvalue weighted by molar-refractivity contribution is 5.68. The summed E-state index contributed by atoms with van der Waals surface area (Å²) >= 11 is 0. The number of amides is 1. The van der Waals surface area contributed by atoms with E-state index in [0.29, 0.717) is 5.92 Å². The highest BCUT2D eigenvalue weighted by Gasteiger charge is 2.25. The predicted octanol–water partition coefficient (Wildman–Crippen LogP) is 4.98. The smallest absolute Gasteiger partial charge is 0.410 e. The van der Waals surface area contributed by atoms with Crippen LogP contribution in [0.2, 0.25) is 0 Å². The Labute approximate surface area is 177 Å². The van der Waals surface area contributed by atoms with Crippen LogP contribution in [0.25, 0.3) is 17.0 Å². The minimum atomic E-state index is -0.453. The fourth-order valence-corrected chi connectivity index (χ4v) is 4.03. The number of hydrogen-bond acceptors (Lipinski definition) is 4. The molecule has 158 valence electrons. The summed E-state index contributed by atoms with van der Waals surface area (Å²) in [5, 5.41) is 0. The van der Waals surface area contributed by atoms with E-state index in [1.54, 1.807) is 0 Å². The number of nitrogens with zero attached hydrogens (tertiary/aromatic N) is 4. The Hall–Kier alpha value is -2.89. The molecular weight excluding hydrogens is 376 g/mol. The van der Waals surface area contributed by atoms with E-state index in [4.69, 9.17) is 9.72 Å². The number of likely N-dealkylation sites (tertiary alicyclic amines) is 1. The summed E-state index contributed by atoms with van der Waals surface area (Å²) in [6, 6.07) is 12.2. The molecule has 0 radical (unpaired) electrons. The molecule has 4 heterocycles. The van der Waals surface area contributed by atoms with Crippen LogP contribution in [0.5, 0.6) is 0 Å².